The Balaban J connectivity index is 2.03. The van der Waals surface area contributed by atoms with E-state index < -0.39 is 24.3 Å². The SMILES string of the molecule is O=S(=O)(c1ccccc1)C(CC=Cc1ccccc1)S(=O)(=O)c1ccccc1. The van der Waals surface area contributed by atoms with Crippen molar-refractivity contribution in [3.05, 3.63) is 103 Å². The van der Waals surface area contributed by atoms with E-state index in [1.54, 1.807) is 48.6 Å². The van der Waals surface area contributed by atoms with Gasteiger partial charge in [0.2, 0.25) is 0 Å². The van der Waals surface area contributed by atoms with Crippen molar-refractivity contribution >= 4 is 25.8 Å². The molecule has 28 heavy (non-hydrogen) atoms. The van der Waals surface area contributed by atoms with E-state index in [-0.39, 0.29) is 16.2 Å². The molecule has 144 valence electrons. The first-order chi connectivity index (χ1) is 13.4. The molecule has 3 aromatic carbocycles. The molecule has 0 radical (unpaired) electrons. The lowest BCUT2D eigenvalue weighted by Gasteiger charge is -2.17. The molecule has 0 unspecified atom stereocenters. The standard InChI is InChI=1S/C22H20O4S2/c23-27(24,20-14-6-2-7-15-20)22(18-10-13-19-11-4-1-5-12-19)28(25,26)21-16-8-3-9-17-21/h1-17,22H,18H2. The molecule has 0 aliphatic carbocycles. The minimum Gasteiger partial charge on any atom is -0.222 e. The first kappa shape index (κ1) is 20.0. The molecule has 3 aromatic rings. The molecular formula is C22H20O4S2. The Bertz CT molecular complexity index is 1070. The third-order valence-electron chi connectivity index (χ3n) is 4.27. The maximum atomic E-state index is 13.2. The summed E-state index contributed by atoms with van der Waals surface area (Å²) in [4.78, 5) is -0.0137. The Labute approximate surface area is 166 Å². The predicted octanol–water partition coefficient (Wildman–Crippen LogP) is 4.36. The predicted molar refractivity (Wildman–Crippen MR) is 111 cm³/mol. The van der Waals surface area contributed by atoms with Crippen molar-refractivity contribution in [1.29, 1.82) is 0 Å². The van der Waals surface area contributed by atoms with Gasteiger partial charge in [0.05, 0.1) is 9.79 Å². The first-order valence-corrected chi connectivity index (χ1v) is 11.8. The van der Waals surface area contributed by atoms with Gasteiger partial charge < -0.3 is 0 Å². The van der Waals surface area contributed by atoms with Gasteiger partial charge in [0, 0.05) is 0 Å². The zero-order valence-electron chi connectivity index (χ0n) is 15.0. The van der Waals surface area contributed by atoms with Gasteiger partial charge in [0.25, 0.3) is 0 Å². The first-order valence-electron chi connectivity index (χ1n) is 8.72. The zero-order chi connectivity index (χ0) is 20.0. The molecule has 0 atom stereocenters. The summed E-state index contributed by atoms with van der Waals surface area (Å²) >= 11 is 0. The van der Waals surface area contributed by atoms with Crippen LogP contribution in [0.1, 0.15) is 12.0 Å². The lowest BCUT2D eigenvalue weighted by Crippen LogP contribution is -2.30. The van der Waals surface area contributed by atoms with Crippen LogP contribution in [0.4, 0.5) is 0 Å². The molecule has 6 heteroatoms. The van der Waals surface area contributed by atoms with E-state index in [4.69, 9.17) is 0 Å². The van der Waals surface area contributed by atoms with E-state index in [0.29, 0.717) is 0 Å². The lowest BCUT2D eigenvalue weighted by molar-refractivity contribution is 0.574. The van der Waals surface area contributed by atoms with E-state index in [2.05, 4.69) is 0 Å². The van der Waals surface area contributed by atoms with Crippen molar-refractivity contribution in [1.82, 2.24) is 0 Å². The number of sulfone groups is 2. The van der Waals surface area contributed by atoms with Crippen molar-refractivity contribution in [3.8, 4) is 0 Å². The average molecular weight is 413 g/mol. The Morgan fingerprint density at radius 3 is 1.43 bits per heavy atom. The van der Waals surface area contributed by atoms with Gasteiger partial charge in [-0.05, 0) is 36.2 Å². The summed E-state index contributed by atoms with van der Waals surface area (Å²) in [6.45, 7) is 0. The molecule has 0 fully saturated rings. The summed E-state index contributed by atoms with van der Waals surface area (Å²) < 4.78 is 51.1. The van der Waals surface area contributed by atoms with Crippen molar-refractivity contribution in [3.63, 3.8) is 0 Å². The largest absolute Gasteiger partial charge is 0.222 e. The van der Waals surface area contributed by atoms with Crippen LogP contribution in [0.15, 0.2) is 107 Å². The van der Waals surface area contributed by atoms with Gasteiger partial charge in [-0.15, -0.1) is 0 Å². The third kappa shape index (κ3) is 4.40. The van der Waals surface area contributed by atoms with E-state index in [0.717, 1.165) is 5.56 Å². The highest BCUT2D eigenvalue weighted by Crippen LogP contribution is 2.28. The second kappa shape index (κ2) is 8.54. The molecule has 0 heterocycles. The van der Waals surface area contributed by atoms with Crippen LogP contribution in [0.5, 0.6) is 0 Å². The highest BCUT2D eigenvalue weighted by molar-refractivity contribution is 8.09. The molecule has 0 saturated heterocycles. The van der Waals surface area contributed by atoms with E-state index in [1.165, 1.54) is 24.3 Å². The van der Waals surface area contributed by atoms with Crippen LogP contribution in [0.3, 0.4) is 0 Å². The molecule has 3 rings (SSSR count). The van der Waals surface area contributed by atoms with Gasteiger partial charge in [-0.3, -0.25) is 0 Å². The molecule has 0 N–H and O–H groups in total. The topological polar surface area (TPSA) is 68.3 Å². The number of hydrogen-bond acceptors (Lipinski definition) is 4. The number of allylic oxidation sites excluding steroid dienone is 1. The molecule has 0 aromatic heterocycles. The fraction of sp³-hybridized carbons (Fsp3) is 0.0909. The molecule has 0 spiro atoms. The fourth-order valence-corrected chi connectivity index (χ4v) is 7.23. The normalized spacial score (nSPS) is 12.5. The number of hydrogen-bond donors (Lipinski definition) is 0. The highest BCUT2D eigenvalue weighted by Gasteiger charge is 2.38. The molecule has 0 saturated carbocycles. The van der Waals surface area contributed by atoms with Crippen molar-refractivity contribution in [2.45, 2.75) is 20.8 Å². The van der Waals surface area contributed by atoms with Crippen LogP contribution in [0.2, 0.25) is 0 Å². The smallest absolute Gasteiger partial charge is 0.196 e. The fourth-order valence-electron chi connectivity index (χ4n) is 2.82. The summed E-state index contributed by atoms with van der Waals surface area (Å²) in [7, 11) is -8.20. The van der Waals surface area contributed by atoms with Crippen LogP contribution in [-0.4, -0.2) is 21.4 Å². The summed E-state index contributed by atoms with van der Waals surface area (Å²) in [5, 5.41) is 0. The molecule has 0 aliphatic heterocycles. The Morgan fingerprint density at radius 2 is 1.00 bits per heavy atom. The molecule has 0 bridgehead atoms. The van der Waals surface area contributed by atoms with Gasteiger partial charge in [-0.1, -0.05) is 78.9 Å². The lowest BCUT2D eigenvalue weighted by atomic mass is 10.2. The van der Waals surface area contributed by atoms with Gasteiger partial charge in [-0.25, -0.2) is 16.8 Å². The second-order valence-corrected chi connectivity index (χ2v) is 10.8. The van der Waals surface area contributed by atoms with Gasteiger partial charge in [0.15, 0.2) is 24.3 Å². The summed E-state index contributed by atoms with van der Waals surface area (Å²) in [6.07, 6.45) is 3.18. The highest BCUT2D eigenvalue weighted by atomic mass is 32.3. The molecular weight excluding hydrogens is 392 g/mol. The van der Waals surface area contributed by atoms with E-state index >= 15 is 0 Å². The monoisotopic (exact) mass is 412 g/mol. The van der Waals surface area contributed by atoms with Gasteiger partial charge in [-0.2, -0.15) is 0 Å². The molecule has 0 amide bonds. The third-order valence-corrected chi connectivity index (χ3v) is 9.42. The average Bonchev–Trinajstić information content (AvgIpc) is 2.73. The molecule has 4 nitrogen and oxygen atoms in total. The number of rotatable bonds is 7. The van der Waals surface area contributed by atoms with E-state index in [1.807, 2.05) is 30.3 Å². The number of benzene rings is 3. The molecule has 0 aliphatic rings. The van der Waals surface area contributed by atoms with Crippen LogP contribution < -0.4 is 0 Å². The Hall–Kier alpha value is -2.70. The van der Waals surface area contributed by atoms with Crippen molar-refractivity contribution in [2.24, 2.45) is 0 Å². The zero-order valence-corrected chi connectivity index (χ0v) is 16.7. The van der Waals surface area contributed by atoms with Crippen molar-refractivity contribution in [2.75, 3.05) is 0 Å². The van der Waals surface area contributed by atoms with Crippen LogP contribution in [-0.2, 0) is 19.7 Å². The maximum absolute atomic E-state index is 13.2. The van der Waals surface area contributed by atoms with Crippen LogP contribution in [0, 0.1) is 0 Å². The minimum absolute atomic E-state index is 0.00684. The van der Waals surface area contributed by atoms with Crippen LogP contribution in [0.25, 0.3) is 6.08 Å². The summed E-state index contributed by atoms with van der Waals surface area (Å²) in [6, 6.07) is 24.7. The Kier molecular flexibility index (Phi) is 6.11. The minimum atomic E-state index is -4.10. The summed E-state index contributed by atoms with van der Waals surface area (Å²) in [5.41, 5.74) is 0.871. The van der Waals surface area contributed by atoms with E-state index in [9.17, 15) is 16.8 Å². The van der Waals surface area contributed by atoms with Gasteiger partial charge >= 0.3 is 0 Å². The van der Waals surface area contributed by atoms with Crippen LogP contribution >= 0.6 is 0 Å². The summed E-state index contributed by atoms with van der Waals surface area (Å²) in [5.74, 6) is 0. The van der Waals surface area contributed by atoms with Crippen molar-refractivity contribution < 1.29 is 16.8 Å². The maximum Gasteiger partial charge on any atom is 0.196 e. The Morgan fingerprint density at radius 1 is 0.607 bits per heavy atom. The quantitative estimate of drug-likeness (QED) is 0.578. The second-order valence-electron chi connectivity index (χ2n) is 6.19. The van der Waals surface area contributed by atoms with Gasteiger partial charge in [0.1, 0.15) is 0 Å².